The highest BCUT2D eigenvalue weighted by molar-refractivity contribution is 14.0. The number of amides is 1. The SMILES string of the molecule is CCNC(=NCCCOCc1ccco1)N1CCN(C(=O)OCC)CC1.I. The minimum atomic E-state index is -0.234. The first kappa shape index (κ1) is 23.5. The zero-order valence-corrected chi connectivity index (χ0v) is 18.5. The van der Waals surface area contributed by atoms with Gasteiger partial charge in [0.2, 0.25) is 0 Å². The third-order valence-electron chi connectivity index (χ3n) is 3.97. The number of nitrogens with one attached hydrogen (secondary N) is 1. The van der Waals surface area contributed by atoms with Crippen LogP contribution in [0.25, 0.3) is 0 Å². The lowest BCUT2D eigenvalue weighted by Gasteiger charge is -2.35. The Morgan fingerprint density at radius 2 is 2.00 bits per heavy atom. The highest BCUT2D eigenvalue weighted by Crippen LogP contribution is 2.05. The lowest BCUT2D eigenvalue weighted by molar-refractivity contribution is 0.0913. The topological polar surface area (TPSA) is 79.5 Å². The Hall–Kier alpha value is -1.49. The van der Waals surface area contributed by atoms with Crippen LogP contribution in [0.2, 0.25) is 0 Å². The fraction of sp³-hybridized carbons (Fsp3) is 0.667. The van der Waals surface area contributed by atoms with Gasteiger partial charge in [-0.25, -0.2) is 4.79 Å². The van der Waals surface area contributed by atoms with Crippen LogP contribution < -0.4 is 5.32 Å². The standard InChI is InChI=1S/C18H30N4O4.HI/c1-3-19-17(20-8-6-13-24-15-16-7-5-14-26-16)21-9-11-22(12-10-21)18(23)25-4-2;/h5,7,14H,3-4,6,8-13,15H2,1-2H3,(H,19,20);1H. The van der Waals surface area contributed by atoms with Crippen LogP contribution in [0.5, 0.6) is 0 Å². The van der Waals surface area contributed by atoms with Crippen LogP contribution in [0, 0.1) is 0 Å². The van der Waals surface area contributed by atoms with Crippen LogP contribution in [-0.2, 0) is 16.1 Å². The predicted molar refractivity (Wildman–Crippen MR) is 115 cm³/mol. The molecule has 0 spiro atoms. The third-order valence-corrected chi connectivity index (χ3v) is 3.97. The number of piperazine rings is 1. The zero-order valence-electron chi connectivity index (χ0n) is 16.2. The van der Waals surface area contributed by atoms with E-state index in [1.165, 1.54) is 0 Å². The lowest BCUT2D eigenvalue weighted by atomic mass is 10.3. The van der Waals surface area contributed by atoms with Gasteiger partial charge in [0.25, 0.3) is 0 Å². The smallest absolute Gasteiger partial charge is 0.409 e. The van der Waals surface area contributed by atoms with Gasteiger partial charge in [0.15, 0.2) is 5.96 Å². The molecule has 8 nitrogen and oxygen atoms in total. The highest BCUT2D eigenvalue weighted by atomic mass is 127. The van der Waals surface area contributed by atoms with Crippen LogP contribution in [0.1, 0.15) is 26.0 Å². The number of ether oxygens (including phenoxy) is 2. The molecule has 0 aromatic carbocycles. The summed E-state index contributed by atoms with van der Waals surface area (Å²) in [7, 11) is 0. The Morgan fingerprint density at radius 3 is 2.63 bits per heavy atom. The first-order chi connectivity index (χ1) is 12.7. The summed E-state index contributed by atoms with van der Waals surface area (Å²) in [6, 6.07) is 3.75. The number of nitrogens with zero attached hydrogens (tertiary/aromatic N) is 3. The third kappa shape index (κ3) is 8.37. The summed E-state index contributed by atoms with van der Waals surface area (Å²) < 4.78 is 15.9. The van der Waals surface area contributed by atoms with Gasteiger partial charge in [-0.3, -0.25) is 4.99 Å². The van der Waals surface area contributed by atoms with Crippen molar-refractivity contribution >= 4 is 36.0 Å². The molecule has 1 aromatic rings. The second-order valence-corrected chi connectivity index (χ2v) is 5.89. The molecule has 1 saturated heterocycles. The van der Waals surface area contributed by atoms with Crippen molar-refractivity contribution in [1.82, 2.24) is 15.1 Å². The second-order valence-electron chi connectivity index (χ2n) is 5.89. The molecule has 154 valence electrons. The summed E-state index contributed by atoms with van der Waals surface area (Å²) in [4.78, 5) is 20.4. The van der Waals surface area contributed by atoms with Gasteiger partial charge in [0, 0.05) is 45.9 Å². The van der Waals surface area contributed by atoms with Crippen molar-refractivity contribution in [2.45, 2.75) is 26.9 Å². The molecule has 1 aromatic heterocycles. The van der Waals surface area contributed by atoms with Crippen molar-refractivity contribution in [3.63, 3.8) is 0 Å². The maximum Gasteiger partial charge on any atom is 0.409 e. The number of furan rings is 1. The summed E-state index contributed by atoms with van der Waals surface area (Å²) in [6.07, 6.45) is 2.26. The normalized spacial score (nSPS) is 14.7. The Bertz CT molecular complexity index is 546. The molecule has 1 fully saturated rings. The molecular weight excluding hydrogens is 463 g/mol. The number of hydrogen-bond acceptors (Lipinski definition) is 5. The Kier molecular flexibility index (Phi) is 11.9. The summed E-state index contributed by atoms with van der Waals surface area (Å²) in [5, 5.41) is 3.32. The van der Waals surface area contributed by atoms with Crippen molar-refractivity contribution in [2.75, 3.05) is 52.5 Å². The average Bonchev–Trinajstić information content (AvgIpc) is 3.17. The Morgan fingerprint density at radius 1 is 1.26 bits per heavy atom. The first-order valence-electron chi connectivity index (χ1n) is 9.29. The summed E-state index contributed by atoms with van der Waals surface area (Å²) in [6.45, 7) is 9.71. The minimum absolute atomic E-state index is 0. The summed E-state index contributed by atoms with van der Waals surface area (Å²) in [5.41, 5.74) is 0. The quantitative estimate of drug-likeness (QED) is 0.259. The maximum absolute atomic E-state index is 11.8. The number of aliphatic imine (C=N–C) groups is 1. The number of carbonyl (C=O) groups is 1. The van der Waals surface area contributed by atoms with Gasteiger partial charge in [0.1, 0.15) is 12.4 Å². The van der Waals surface area contributed by atoms with Crippen LogP contribution >= 0.6 is 24.0 Å². The number of halogens is 1. The molecule has 0 radical (unpaired) electrons. The molecule has 27 heavy (non-hydrogen) atoms. The lowest BCUT2D eigenvalue weighted by Crippen LogP contribution is -2.53. The van der Waals surface area contributed by atoms with Gasteiger partial charge in [0.05, 0.1) is 12.9 Å². The van der Waals surface area contributed by atoms with Crippen LogP contribution in [0.3, 0.4) is 0 Å². The Labute approximate surface area is 178 Å². The van der Waals surface area contributed by atoms with Crippen molar-refractivity contribution in [3.05, 3.63) is 24.2 Å². The molecule has 0 atom stereocenters. The van der Waals surface area contributed by atoms with E-state index in [4.69, 9.17) is 13.9 Å². The van der Waals surface area contributed by atoms with Gasteiger partial charge in [-0.2, -0.15) is 0 Å². The Balaban J connectivity index is 0.00000364. The van der Waals surface area contributed by atoms with Gasteiger partial charge in [-0.05, 0) is 32.4 Å². The van der Waals surface area contributed by atoms with Gasteiger partial charge < -0.3 is 29.0 Å². The molecule has 1 aliphatic heterocycles. The van der Waals surface area contributed by atoms with E-state index in [0.717, 1.165) is 37.8 Å². The van der Waals surface area contributed by atoms with E-state index in [9.17, 15) is 4.79 Å². The predicted octanol–water partition coefficient (Wildman–Crippen LogP) is 2.54. The second kappa shape index (κ2) is 13.6. The van der Waals surface area contributed by atoms with Crippen LogP contribution in [0.15, 0.2) is 27.8 Å². The molecule has 2 heterocycles. The van der Waals surface area contributed by atoms with Crippen LogP contribution in [0.4, 0.5) is 4.79 Å². The molecule has 0 bridgehead atoms. The minimum Gasteiger partial charge on any atom is -0.467 e. The molecule has 0 saturated carbocycles. The van der Waals surface area contributed by atoms with Crippen molar-refractivity contribution < 1.29 is 18.7 Å². The number of hydrogen-bond donors (Lipinski definition) is 1. The fourth-order valence-corrected chi connectivity index (χ4v) is 2.66. The van der Waals surface area contributed by atoms with Gasteiger partial charge in [-0.15, -0.1) is 24.0 Å². The summed E-state index contributed by atoms with van der Waals surface area (Å²) in [5.74, 6) is 1.73. The van der Waals surface area contributed by atoms with E-state index in [1.807, 2.05) is 19.1 Å². The monoisotopic (exact) mass is 494 g/mol. The van der Waals surface area contributed by atoms with Crippen molar-refractivity contribution in [3.8, 4) is 0 Å². The van der Waals surface area contributed by atoms with Crippen LogP contribution in [-0.4, -0.2) is 74.3 Å². The first-order valence-corrected chi connectivity index (χ1v) is 9.29. The van der Waals surface area contributed by atoms with E-state index in [-0.39, 0.29) is 30.1 Å². The maximum atomic E-state index is 11.8. The zero-order chi connectivity index (χ0) is 18.6. The largest absolute Gasteiger partial charge is 0.467 e. The van der Waals surface area contributed by atoms with Crippen molar-refractivity contribution in [2.24, 2.45) is 4.99 Å². The molecule has 2 rings (SSSR count). The molecule has 9 heteroatoms. The van der Waals surface area contributed by atoms with E-state index in [2.05, 4.69) is 22.1 Å². The molecule has 0 unspecified atom stereocenters. The molecule has 1 amide bonds. The number of rotatable bonds is 8. The van der Waals surface area contributed by atoms with Gasteiger partial charge >= 0.3 is 6.09 Å². The van der Waals surface area contributed by atoms with Gasteiger partial charge in [-0.1, -0.05) is 0 Å². The molecular formula is C18H31IN4O4. The molecule has 0 aliphatic carbocycles. The number of carbonyl (C=O) groups excluding carboxylic acids is 1. The van der Waals surface area contributed by atoms with E-state index >= 15 is 0 Å². The van der Waals surface area contributed by atoms with E-state index in [0.29, 0.717) is 39.5 Å². The highest BCUT2D eigenvalue weighted by Gasteiger charge is 2.23. The van der Waals surface area contributed by atoms with E-state index in [1.54, 1.807) is 11.2 Å². The summed E-state index contributed by atoms with van der Waals surface area (Å²) >= 11 is 0. The van der Waals surface area contributed by atoms with Crippen molar-refractivity contribution in [1.29, 1.82) is 0 Å². The molecule has 1 N–H and O–H groups in total. The molecule has 1 aliphatic rings. The average molecular weight is 494 g/mol. The fourth-order valence-electron chi connectivity index (χ4n) is 2.66. The number of guanidine groups is 1. The van der Waals surface area contributed by atoms with E-state index < -0.39 is 0 Å².